The van der Waals surface area contributed by atoms with Gasteiger partial charge in [-0.3, -0.25) is 14.3 Å². The maximum absolute atomic E-state index is 12.3. The Morgan fingerprint density at radius 3 is 2.52 bits per heavy atom. The molecule has 0 radical (unpaired) electrons. The highest BCUT2D eigenvalue weighted by atomic mass is 19.3. The van der Waals surface area contributed by atoms with E-state index in [0.717, 1.165) is 0 Å². The minimum absolute atomic E-state index is 0.0330. The molecule has 2 amide bonds. The summed E-state index contributed by atoms with van der Waals surface area (Å²) in [6.07, 6.45) is 4.39. The summed E-state index contributed by atoms with van der Waals surface area (Å²) in [6.45, 7) is 3.97. The molecule has 1 heterocycles. The second-order valence-corrected chi connectivity index (χ2v) is 6.62. The zero-order valence-corrected chi connectivity index (χ0v) is 16.5. The molecule has 0 bridgehead atoms. The number of ether oxygens (including phenoxy) is 1. The molecule has 0 aliphatic carbocycles. The molecule has 156 valence electrons. The summed E-state index contributed by atoms with van der Waals surface area (Å²) >= 11 is 0. The van der Waals surface area contributed by atoms with Crippen molar-refractivity contribution in [3.8, 4) is 5.75 Å². The van der Waals surface area contributed by atoms with E-state index in [2.05, 4.69) is 20.5 Å². The lowest BCUT2D eigenvalue weighted by Crippen LogP contribution is -2.28. The van der Waals surface area contributed by atoms with E-state index >= 15 is 0 Å². The van der Waals surface area contributed by atoms with Crippen molar-refractivity contribution in [3.05, 3.63) is 47.8 Å². The molecule has 9 heteroatoms. The van der Waals surface area contributed by atoms with Crippen LogP contribution in [0, 0.1) is 5.92 Å². The van der Waals surface area contributed by atoms with Gasteiger partial charge in [-0.25, -0.2) is 0 Å². The Kier molecular flexibility index (Phi) is 7.88. The molecule has 0 unspecified atom stereocenters. The van der Waals surface area contributed by atoms with Crippen LogP contribution in [-0.2, 0) is 11.3 Å². The van der Waals surface area contributed by atoms with Gasteiger partial charge in [0.25, 0.3) is 5.91 Å². The van der Waals surface area contributed by atoms with Gasteiger partial charge in [-0.2, -0.15) is 13.9 Å². The van der Waals surface area contributed by atoms with Crippen molar-refractivity contribution in [2.75, 3.05) is 11.9 Å². The average molecular weight is 406 g/mol. The summed E-state index contributed by atoms with van der Waals surface area (Å²) < 4.78 is 30.2. The molecule has 2 rings (SSSR count). The van der Waals surface area contributed by atoms with Crippen LogP contribution >= 0.6 is 0 Å². The molecule has 0 aliphatic heterocycles. The number of nitrogens with zero attached hydrogens (tertiary/aromatic N) is 2. The second-order valence-electron chi connectivity index (χ2n) is 6.62. The van der Waals surface area contributed by atoms with Crippen molar-refractivity contribution in [3.63, 3.8) is 0 Å². The molecule has 0 saturated heterocycles. The van der Waals surface area contributed by atoms with Crippen molar-refractivity contribution in [1.29, 1.82) is 0 Å². The average Bonchev–Trinajstić information content (AvgIpc) is 3.08. The van der Waals surface area contributed by atoms with Gasteiger partial charge in [0.05, 0.1) is 5.69 Å². The van der Waals surface area contributed by atoms with Gasteiger partial charge >= 0.3 is 6.61 Å². The number of carbonyl (C=O) groups is 2. The summed E-state index contributed by atoms with van der Waals surface area (Å²) in [5.74, 6) is -0.498. The Balaban J connectivity index is 2.05. The third-order valence-electron chi connectivity index (χ3n) is 3.76. The number of rotatable bonds is 9. The third kappa shape index (κ3) is 7.02. The highest BCUT2D eigenvalue weighted by Crippen LogP contribution is 2.17. The number of nitrogens with one attached hydrogen (secondary N) is 2. The predicted molar refractivity (Wildman–Crippen MR) is 106 cm³/mol. The fourth-order valence-corrected chi connectivity index (χ4v) is 2.33. The van der Waals surface area contributed by atoms with E-state index in [4.69, 9.17) is 0 Å². The number of hydrogen-bond acceptors (Lipinski definition) is 4. The van der Waals surface area contributed by atoms with E-state index in [1.165, 1.54) is 24.3 Å². The van der Waals surface area contributed by atoms with Crippen molar-refractivity contribution < 1.29 is 23.1 Å². The van der Waals surface area contributed by atoms with Gasteiger partial charge in [0.1, 0.15) is 5.75 Å². The van der Waals surface area contributed by atoms with Crippen LogP contribution in [0.4, 0.5) is 14.5 Å². The Bertz CT molecular complexity index is 861. The van der Waals surface area contributed by atoms with E-state index in [-0.39, 0.29) is 23.3 Å². The first kappa shape index (κ1) is 22.1. The maximum atomic E-state index is 12.3. The summed E-state index contributed by atoms with van der Waals surface area (Å²) in [5.41, 5.74) is 1.08. The minimum Gasteiger partial charge on any atom is -0.435 e. The van der Waals surface area contributed by atoms with Crippen molar-refractivity contribution in [2.45, 2.75) is 33.9 Å². The van der Waals surface area contributed by atoms with Crippen LogP contribution < -0.4 is 15.4 Å². The van der Waals surface area contributed by atoms with Crippen LogP contribution in [0.3, 0.4) is 0 Å². The first-order chi connectivity index (χ1) is 13.8. The van der Waals surface area contributed by atoms with E-state index < -0.39 is 12.5 Å². The molecule has 2 aromatic rings. The number of aromatic nitrogens is 2. The largest absolute Gasteiger partial charge is 0.435 e. The predicted octanol–water partition coefficient (Wildman–Crippen LogP) is 3.54. The summed E-state index contributed by atoms with van der Waals surface area (Å²) in [4.78, 5) is 24.6. The van der Waals surface area contributed by atoms with Crippen LogP contribution in [0.5, 0.6) is 5.75 Å². The molecule has 1 aromatic heterocycles. The first-order valence-electron chi connectivity index (χ1n) is 9.18. The zero-order chi connectivity index (χ0) is 21.4. The van der Waals surface area contributed by atoms with Gasteiger partial charge < -0.3 is 15.4 Å². The van der Waals surface area contributed by atoms with Crippen molar-refractivity contribution in [2.24, 2.45) is 5.92 Å². The first-order valence-corrected chi connectivity index (χ1v) is 9.18. The van der Waals surface area contributed by atoms with Crippen LogP contribution in [0.2, 0.25) is 0 Å². The molecule has 0 fully saturated rings. The molecule has 2 N–H and O–H groups in total. The monoisotopic (exact) mass is 406 g/mol. The Hall–Kier alpha value is -3.23. The topological polar surface area (TPSA) is 85.2 Å². The number of amides is 2. The summed E-state index contributed by atoms with van der Waals surface area (Å²) in [7, 11) is 0. The van der Waals surface area contributed by atoms with Crippen LogP contribution in [0.25, 0.3) is 6.08 Å². The highest BCUT2D eigenvalue weighted by Gasteiger charge is 2.18. The molecule has 0 aliphatic rings. The Labute approximate surface area is 167 Å². The molecule has 0 saturated carbocycles. The second kappa shape index (κ2) is 10.4. The highest BCUT2D eigenvalue weighted by molar-refractivity contribution is 6.06. The lowest BCUT2D eigenvalue weighted by atomic mass is 10.2. The number of benzene rings is 1. The van der Waals surface area contributed by atoms with Gasteiger partial charge in [0.15, 0.2) is 5.69 Å². The van der Waals surface area contributed by atoms with Gasteiger partial charge in [0.2, 0.25) is 5.91 Å². The van der Waals surface area contributed by atoms with Crippen LogP contribution in [-0.4, -0.2) is 34.8 Å². The third-order valence-corrected chi connectivity index (χ3v) is 3.76. The Morgan fingerprint density at radius 1 is 1.24 bits per heavy atom. The smallest absolute Gasteiger partial charge is 0.387 e. The molecule has 29 heavy (non-hydrogen) atoms. The standard InChI is InChI=1S/C20H24F2N4O3/c1-4-26-12-16(18(25-26)19(28)23-11-13(2)3)24-17(27)10-7-14-5-8-15(9-6-14)29-20(21)22/h5-10,12-13,20H,4,11H2,1-3H3,(H,23,28)(H,24,27)/b10-7-. The van der Waals surface area contributed by atoms with Crippen molar-refractivity contribution in [1.82, 2.24) is 15.1 Å². The van der Waals surface area contributed by atoms with Gasteiger partial charge in [0, 0.05) is 25.4 Å². The lowest BCUT2D eigenvalue weighted by molar-refractivity contribution is -0.111. The van der Waals surface area contributed by atoms with Gasteiger partial charge in [-0.1, -0.05) is 26.0 Å². The number of hydrogen-bond donors (Lipinski definition) is 2. The summed E-state index contributed by atoms with van der Waals surface area (Å²) in [5, 5.41) is 9.63. The molecule has 0 atom stereocenters. The zero-order valence-electron chi connectivity index (χ0n) is 16.5. The molecule has 7 nitrogen and oxygen atoms in total. The number of halogens is 2. The normalized spacial score (nSPS) is 11.3. The molecule has 1 aromatic carbocycles. The lowest BCUT2D eigenvalue weighted by Gasteiger charge is -2.07. The minimum atomic E-state index is -2.89. The maximum Gasteiger partial charge on any atom is 0.387 e. The Morgan fingerprint density at radius 2 is 1.93 bits per heavy atom. The van der Waals surface area contributed by atoms with Crippen LogP contribution in [0.15, 0.2) is 36.5 Å². The summed E-state index contributed by atoms with van der Waals surface area (Å²) in [6, 6.07) is 5.85. The number of carbonyl (C=O) groups excluding carboxylic acids is 2. The van der Waals surface area contributed by atoms with Crippen LogP contribution in [0.1, 0.15) is 36.8 Å². The number of alkyl halides is 2. The van der Waals surface area contributed by atoms with E-state index in [1.54, 1.807) is 23.0 Å². The molecule has 0 spiro atoms. The number of aryl methyl sites for hydroxylation is 1. The molecular weight excluding hydrogens is 382 g/mol. The van der Waals surface area contributed by atoms with Gasteiger partial charge in [-0.05, 0) is 36.6 Å². The van der Waals surface area contributed by atoms with E-state index in [9.17, 15) is 18.4 Å². The fraction of sp³-hybridized carbons (Fsp3) is 0.350. The van der Waals surface area contributed by atoms with Crippen molar-refractivity contribution >= 4 is 23.6 Å². The van der Waals surface area contributed by atoms with E-state index in [1.807, 2.05) is 20.8 Å². The van der Waals surface area contributed by atoms with E-state index in [0.29, 0.717) is 24.3 Å². The number of anilines is 1. The fourth-order valence-electron chi connectivity index (χ4n) is 2.33. The quantitative estimate of drug-likeness (QED) is 0.624. The SMILES string of the molecule is CCn1cc(NC(=O)/C=C\c2ccc(OC(F)F)cc2)c(C(=O)NCC(C)C)n1. The van der Waals surface area contributed by atoms with Gasteiger partial charge in [-0.15, -0.1) is 0 Å². The molecular formula is C20H24F2N4O3.